The van der Waals surface area contributed by atoms with Gasteiger partial charge < -0.3 is 27.8 Å². The normalized spacial score (nSPS) is 13.0. The number of fused-ring (bicyclic) bond motifs is 24. The van der Waals surface area contributed by atoms with Crippen LogP contribution in [0.15, 0.2) is 405 Å². The summed E-state index contributed by atoms with van der Waals surface area (Å²) < 4.78 is 13.4. The van der Waals surface area contributed by atoms with E-state index in [0.717, 1.165) is 38.3 Å². The Bertz CT molecular complexity index is 8310. The lowest BCUT2D eigenvalue weighted by Gasteiger charge is -2.22. The SMILES string of the molecule is C.CC1(C)c2ccccc2-c2ccc(-n3c4ccccc4c4cc(-n5c6ccccc6c6ccccc65)cc(-c5ccc6c7ccccc7n(-c7ccccc7)c6c5)c43)cc21.CC1(C)c2ccccc2-c2ccc(Br)cc21.c1ccc(-n2c3ccccc3c3ccc(-c4cc(-n5c6ccccc6c6ccccc65)cc5c4[nH]c4ccccc45)cc32)cc1. The molecule has 0 fully saturated rings. The van der Waals surface area contributed by atoms with E-state index in [9.17, 15) is 0 Å². The third kappa shape index (κ3) is 10.9. The number of halogens is 1. The number of para-hydroxylation sites is 10. The maximum Gasteiger partial charge on any atom is 0.0621 e. The number of nitrogens with zero attached hydrogens (tertiary/aromatic N) is 5. The highest BCUT2D eigenvalue weighted by Crippen LogP contribution is 2.53. The number of aromatic amines is 1. The second-order valence-corrected chi connectivity index (χ2v) is 34.6. The predicted octanol–water partition coefficient (Wildman–Crippen LogP) is 31.5. The minimum absolute atomic E-state index is 0. The number of H-pyrrole nitrogens is 1. The molecule has 7 heteroatoms. The Kier molecular flexibility index (Phi) is 16.6. The van der Waals surface area contributed by atoms with Crippen molar-refractivity contribution in [2.45, 2.75) is 46.0 Å². The average Bonchev–Trinajstić information content (AvgIpc) is 1.55. The number of hydrogen-bond donors (Lipinski definition) is 1. The first-order valence-corrected chi connectivity index (χ1v) is 42.7. The molecule has 0 bridgehead atoms. The summed E-state index contributed by atoms with van der Waals surface area (Å²) >= 11 is 3.56. The molecule has 0 saturated carbocycles. The molecule has 2 aliphatic rings. The molecule has 0 saturated heterocycles. The summed E-state index contributed by atoms with van der Waals surface area (Å²) in [5, 5.41) is 15.0. The number of hydrogen-bond acceptors (Lipinski definition) is 0. The van der Waals surface area contributed by atoms with Crippen LogP contribution in [0, 0.1) is 0 Å². The molecule has 580 valence electrons. The van der Waals surface area contributed by atoms with Crippen LogP contribution in [0.4, 0.5) is 0 Å². The largest absolute Gasteiger partial charge is 0.354 e. The first kappa shape index (κ1) is 72.5. The first-order chi connectivity index (χ1) is 59.5. The van der Waals surface area contributed by atoms with Crippen LogP contribution in [0.2, 0.25) is 0 Å². The minimum atomic E-state index is -0.122. The third-order valence-electron chi connectivity index (χ3n) is 26.4. The van der Waals surface area contributed by atoms with Crippen molar-refractivity contribution < 1.29 is 0 Å². The van der Waals surface area contributed by atoms with Crippen LogP contribution >= 0.6 is 15.9 Å². The maximum absolute atomic E-state index is 3.80. The highest BCUT2D eigenvalue weighted by Gasteiger charge is 2.37. The van der Waals surface area contributed by atoms with Crippen LogP contribution < -0.4 is 0 Å². The van der Waals surface area contributed by atoms with Crippen LogP contribution in [-0.2, 0) is 10.8 Å². The lowest BCUT2D eigenvalue weighted by Crippen LogP contribution is -2.15. The zero-order valence-electron chi connectivity index (χ0n) is 67.2. The van der Waals surface area contributed by atoms with Gasteiger partial charge in [0, 0.05) is 125 Å². The summed E-state index contributed by atoms with van der Waals surface area (Å²) in [6.45, 7) is 9.34. The van der Waals surface area contributed by atoms with Crippen molar-refractivity contribution in [3.63, 3.8) is 0 Å². The van der Waals surface area contributed by atoms with Crippen LogP contribution in [0.1, 0.15) is 57.4 Å². The second-order valence-electron chi connectivity index (χ2n) is 33.7. The Morgan fingerprint density at radius 1 is 0.213 bits per heavy atom. The van der Waals surface area contributed by atoms with Gasteiger partial charge in [0.05, 0.1) is 60.7 Å². The average molecular weight is 1630 g/mol. The zero-order chi connectivity index (χ0) is 80.5. The fourth-order valence-corrected chi connectivity index (χ4v) is 21.2. The van der Waals surface area contributed by atoms with Gasteiger partial charge in [0.1, 0.15) is 0 Å². The summed E-state index contributed by atoms with van der Waals surface area (Å²) in [7, 11) is 0. The molecule has 0 spiro atoms. The van der Waals surface area contributed by atoms with Gasteiger partial charge in [-0.25, -0.2) is 0 Å². The Hall–Kier alpha value is -14.8. The molecule has 0 atom stereocenters. The van der Waals surface area contributed by atoms with Crippen molar-refractivity contribution >= 4 is 147 Å². The topological polar surface area (TPSA) is 40.4 Å². The highest BCUT2D eigenvalue weighted by molar-refractivity contribution is 9.10. The van der Waals surface area contributed by atoms with Crippen LogP contribution in [0.25, 0.3) is 204 Å². The molecule has 6 heterocycles. The van der Waals surface area contributed by atoms with Crippen molar-refractivity contribution in [1.82, 2.24) is 27.8 Å². The van der Waals surface area contributed by atoms with Gasteiger partial charge in [-0.15, -0.1) is 0 Å². The van der Waals surface area contributed by atoms with Crippen molar-refractivity contribution in [1.29, 1.82) is 0 Å². The van der Waals surface area contributed by atoms with Gasteiger partial charge in [-0.3, -0.25) is 0 Å². The van der Waals surface area contributed by atoms with E-state index in [2.05, 4.69) is 472 Å². The number of rotatable bonds is 7. The molecule has 0 radical (unpaired) electrons. The smallest absolute Gasteiger partial charge is 0.0621 e. The van der Waals surface area contributed by atoms with Crippen LogP contribution in [0.3, 0.4) is 0 Å². The van der Waals surface area contributed by atoms with Gasteiger partial charge in [0.15, 0.2) is 0 Å². The van der Waals surface area contributed by atoms with Gasteiger partial charge in [-0.1, -0.05) is 318 Å². The van der Waals surface area contributed by atoms with Crippen molar-refractivity contribution in [2.75, 3.05) is 0 Å². The zero-order valence-corrected chi connectivity index (χ0v) is 68.8. The Morgan fingerprint density at radius 2 is 0.549 bits per heavy atom. The molecule has 0 unspecified atom stereocenters. The number of aromatic nitrogens is 6. The fourth-order valence-electron chi connectivity index (χ4n) is 20.9. The molecule has 18 aromatic carbocycles. The third-order valence-corrected chi connectivity index (χ3v) is 26.9. The molecule has 26 rings (SSSR count). The molecule has 0 aliphatic heterocycles. The Labute approximate surface area is 715 Å². The first-order valence-electron chi connectivity index (χ1n) is 41.9. The quantitative estimate of drug-likeness (QED) is 0.165. The maximum atomic E-state index is 3.80. The molecule has 24 aromatic rings. The van der Waals surface area contributed by atoms with E-state index in [1.807, 2.05) is 0 Å². The van der Waals surface area contributed by atoms with Crippen molar-refractivity contribution in [2.24, 2.45) is 0 Å². The van der Waals surface area contributed by atoms with Gasteiger partial charge in [0.25, 0.3) is 0 Å². The van der Waals surface area contributed by atoms with Crippen molar-refractivity contribution in [3.05, 3.63) is 427 Å². The van der Waals surface area contributed by atoms with Gasteiger partial charge in [-0.05, 0) is 189 Å². The molecular weight excluding hydrogens is 1550 g/mol. The monoisotopic (exact) mass is 1630 g/mol. The van der Waals surface area contributed by atoms with E-state index in [4.69, 9.17) is 0 Å². The van der Waals surface area contributed by atoms with Gasteiger partial charge in [-0.2, -0.15) is 0 Å². The number of benzene rings is 18. The molecule has 6 nitrogen and oxygen atoms in total. The number of nitrogens with one attached hydrogen (secondary N) is 1. The Morgan fingerprint density at radius 3 is 1.02 bits per heavy atom. The summed E-state index contributed by atoms with van der Waals surface area (Å²) in [4.78, 5) is 3.80. The Balaban J connectivity index is 0.000000122. The summed E-state index contributed by atoms with van der Waals surface area (Å²) in [6, 6.07) is 147. The van der Waals surface area contributed by atoms with E-state index >= 15 is 0 Å². The van der Waals surface area contributed by atoms with E-state index in [1.54, 1.807) is 0 Å². The molecule has 0 amide bonds. The van der Waals surface area contributed by atoms with Crippen LogP contribution in [0.5, 0.6) is 0 Å². The molecule has 6 aromatic heterocycles. The predicted molar refractivity (Wildman–Crippen MR) is 521 cm³/mol. The van der Waals surface area contributed by atoms with E-state index in [0.29, 0.717) is 0 Å². The van der Waals surface area contributed by atoms with E-state index < -0.39 is 0 Å². The minimum Gasteiger partial charge on any atom is -0.354 e. The molecular formula is C115H83BrN6. The summed E-state index contributed by atoms with van der Waals surface area (Å²) in [6.07, 6.45) is 0. The van der Waals surface area contributed by atoms with Gasteiger partial charge >= 0.3 is 0 Å². The lowest BCUT2D eigenvalue weighted by atomic mass is 9.82. The standard InChI is InChI=1S/C57H39N3.C42H27N3.C15H13Br.CH4/c1-57(2)49-23-11-6-18-40(49)41-31-29-38(35-50(41)57)60-54-27-15-10-22-45(54)48-34-39(59-52-25-13-7-19-42(52)43-20-8-14-26-53(43)59)33-47(56(48)60)36-28-30-46-44-21-9-12-24-51(44)58(55(46)32-36)37-16-4-3-5-17-37;1-2-12-28(13-3-1)44-38-19-9-7-17-33(38)34-23-22-27(24-41(34)44)35-25-29(26-36-30-14-4-8-18-37(30)43-42(35)36)45-39-20-10-5-15-31(39)32-16-6-11-21-40(32)45;1-15(2)13-6-4-3-5-11(13)12-8-7-10(16)9-14(12)15;/h3-35H,1-2H3;1-26,43H;3-9H,1-2H3;1H4. The lowest BCUT2D eigenvalue weighted by molar-refractivity contribution is 0.660. The van der Waals surface area contributed by atoms with E-state index in [-0.39, 0.29) is 18.3 Å². The second kappa shape index (κ2) is 27.9. The summed E-state index contributed by atoms with van der Waals surface area (Å²) in [5.74, 6) is 0. The molecule has 2 aliphatic carbocycles. The fraction of sp³-hybridized carbons (Fsp3) is 0.0609. The van der Waals surface area contributed by atoms with Crippen molar-refractivity contribution in [3.8, 4) is 72.9 Å². The highest BCUT2D eigenvalue weighted by atomic mass is 79.9. The van der Waals surface area contributed by atoms with Crippen LogP contribution in [-0.4, -0.2) is 27.8 Å². The molecule has 1 N–H and O–H groups in total. The van der Waals surface area contributed by atoms with E-state index in [1.165, 1.54) is 192 Å². The summed E-state index contributed by atoms with van der Waals surface area (Å²) in [5.41, 5.74) is 35.9. The molecule has 122 heavy (non-hydrogen) atoms. The van der Waals surface area contributed by atoms with Gasteiger partial charge in [0.2, 0.25) is 0 Å².